The number of aromatic nitrogens is 1. The zero-order chi connectivity index (χ0) is 21.5. The largest absolute Gasteiger partial charge is 0.416 e. The summed E-state index contributed by atoms with van der Waals surface area (Å²) < 4.78 is 41.5. The van der Waals surface area contributed by atoms with E-state index in [9.17, 15) is 18.0 Å². The van der Waals surface area contributed by atoms with Gasteiger partial charge in [-0.15, -0.1) is 0 Å². The van der Waals surface area contributed by atoms with Crippen molar-refractivity contribution in [2.45, 2.75) is 24.9 Å². The van der Waals surface area contributed by atoms with E-state index in [0.717, 1.165) is 54.5 Å². The second kappa shape index (κ2) is 7.68. The summed E-state index contributed by atoms with van der Waals surface area (Å²) >= 11 is 0. The highest BCUT2D eigenvalue weighted by molar-refractivity contribution is 5.94. The molecule has 5 nitrogen and oxygen atoms in total. The van der Waals surface area contributed by atoms with Crippen LogP contribution in [0, 0.1) is 0 Å². The minimum Gasteiger partial charge on any atom is -0.351 e. The minimum absolute atomic E-state index is 0.291. The number of carbonyl (C=O) groups is 1. The molecule has 30 heavy (non-hydrogen) atoms. The van der Waals surface area contributed by atoms with E-state index in [4.69, 9.17) is 5.73 Å². The van der Waals surface area contributed by atoms with Gasteiger partial charge >= 0.3 is 12.2 Å². The lowest BCUT2D eigenvalue weighted by Gasteiger charge is -2.28. The Morgan fingerprint density at radius 3 is 2.53 bits per heavy atom. The molecule has 3 N–H and O–H groups in total. The number of urea groups is 1. The number of alkyl halides is 3. The Bertz CT molecular complexity index is 1080. The van der Waals surface area contributed by atoms with E-state index >= 15 is 0 Å². The molecule has 0 saturated carbocycles. The molecule has 2 amide bonds. The van der Waals surface area contributed by atoms with Gasteiger partial charge in [0.25, 0.3) is 0 Å². The average Bonchev–Trinajstić information content (AvgIpc) is 3.06. The van der Waals surface area contributed by atoms with Crippen molar-refractivity contribution < 1.29 is 18.0 Å². The number of rotatable bonds is 3. The van der Waals surface area contributed by atoms with Gasteiger partial charge in [0.15, 0.2) is 0 Å². The molecule has 1 aliphatic heterocycles. The maximum Gasteiger partial charge on any atom is 0.416 e. The molecular formula is C22H23F3N4O. The molecule has 158 valence electrons. The maximum absolute atomic E-state index is 13.2. The fraction of sp³-hybridized carbons (Fsp3) is 0.318. The van der Waals surface area contributed by atoms with Crippen LogP contribution in [0.2, 0.25) is 0 Å². The molecule has 2 aromatic carbocycles. The summed E-state index contributed by atoms with van der Waals surface area (Å²) in [6, 6.07) is 10.0. The number of piperidine rings is 1. The van der Waals surface area contributed by atoms with Crippen LogP contribution in [-0.2, 0) is 6.18 Å². The van der Waals surface area contributed by atoms with Crippen molar-refractivity contribution in [3.05, 3.63) is 59.8 Å². The van der Waals surface area contributed by atoms with Gasteiger partial charge in [-0.3, -0.25) is 0 Å². The Kier molecular flexibility index (Phi) is 5.19. The SMILES string of the molecule is CN1CCC(c2cn(-c3cccc(C(F)(F)F)c3)c3ccc(NC(N)=O)cc23)CC1. The third-order valence-corrected chi connectivity index (χ3v) is 5.71. The van der Waals surface area contributed by atoms with Crippen LogP contribution in [-0.4, -0.2) is 35.6 Å². The van der Waals surface area contributed by atoms with Gasteiger partial charge in [0.2, 0.25) is 0 Å². The van der Waals surface area contributed by atoms with Gasteiger partial charge in [-0.2, -0.15) is 13.2 Å². The molecule has 4 rings (SSSR count). The van der Waals surface area contributed by atoms with Crippen molar-refractivity contribution in [3.8, 4) is 5.69 Å². The topological polar surface area (TPSA) is 63.3 Å². The van der Waals surface area contributed by atoms with Crippen LogP contribution in [0.5, 0.6) is 0 Å². The summed E-state index contributed by atoms with van der Waals surface area (Å²) in [7, 11) is 2.08. The number of nitrogens with zero attached hydrogens (tertiary/aromatic N) is 2. The van der Waals surface area contributed by atoms with Crippen molar-refractivity contribution in [2.24, 2.45) is 5.73 Å². The van der Waals surface area contributed by atoms with Crippen LogP contribution in [0.3, 0.4) is 0 Å². The van der Waals surface area contributed by atoms with E-state index in [2.05, 4.69) is 17.3 Å². The van der Waals surface area contributed by atoms with Crippen molar-refractivity contribution in [1.82, 2.24) is 9.47 Å². The van der Waals surface area contributed by atoms with Crippen LogP contribution >= 0.6 is 0 Å². The van der Waals surface area contributed by atoms with Crippen molar-refractivity contribution >= 4 is 22.6 Å². The number of nitrogens with one attached hydrogen (secondary N) is 1. The maximum atomic E-state index is 13.2. The lowest BCUT2D eigenvalue weighted by Crippen LogP contribution is -2.29. The molecular weight excluding hydrogens is 393 g/mol. The highest BCUT2D eigenvalue weighted by atomic mass is 19.4. The predicted molar refractivity (Wildman–Crippen MR) is 111 cm³/mol. The first kappa shape index (κ1) is 20.3. The first-order valence-corrected chi connectivity index (χ1v) is 9.80. The number of benzene rings is 2. The quantitative estimate of drug-likeness (QED) is 0.635. The summed E-state index contributed by atoms with van der Waals surface area (Å²) in [5.41, 5.74) is 7.44. The third kappa shape index (κ3) is 4.00. The molecule has 1 aliphatic rings. The van der Waals surface area contributed by atoms with E-state index in [-0.39, 0.29) is 0 Å². The van der Waals surface area contributed by atoms with Crippen LogP contribution in [0.4, 0.5) is 23.7 Å². The first-order valence-electron chi connectivity index (χ1n) is 9.80. The number of likely N-dealkylation sites (tertiary alicyclic amines) is 1. The number of primary amides is 1. The highest BCUT2D eigenvalue weighted by Gasteiger charge is 2.31. The molecule has 1 aromatic heterocycles. The van der Waals surface area contributed by atoms with Gasteiger partial charge in [-0.25, -0.2) is 4.79 Å². The van der Waals surface area contributed by atoms with Gasteiger partial charge < -0.3 is 20.5 Å². The summed E-state index contributed by atoms with van der Waals surface area (Å²) in [6.07, 6.45) is -0.546. The number of anilines is 1. The fourth-order valence-electron chi connectivity index (χ4n) is 4.17. The third-order valence-electron chi connectivity index (χ3n) is 5.71. The number of carbonyl (C=O) groups excluding carboxylic acids is 1. The molecule has 0 unspecified atom stereocenters. The van der Waals surface area contributed by atoms with Gasteiger partial charge in [-0.05, 0) is 80.9 Å². The standard InChI is InChI=1S/C22H23F3N4O/c1-28-9-7-14(8-10-28)19-13-29(17-4-2-3-15(11-17)22(23,24)25)20-6-5-16(12-18(19)20)27-21(26)30/h2-6,11-14H,7-10H2,1H3,(H3,26,27,30). The van der Waals surface area contributed by atoms with Crippen LogP contribution in [0.1, 0.15) is 29.9 Å². The Hall–Kier alpha value is -3.00. The molecule has 0 atom stereocenters. The second-order valence-corrected chi connectivity index (χ2v) is 7.80. The van der Waals surface area contributed by atoms with Crippen LogP contribution in [0.25, 0.3) is 16.6 Å². The van der Waals surface area contributed by atoms with E-state index in [1.54, 1.807) is 22.8 Å². The molecule has 0 radical (unpaired) electrons. The Labute approximate surface area is 172 Å². The molecule has 2 heterocycles. The molecule has 0 bridgehead atoms. The summed E-state index contributed by atoms with van der Waals surface area (Å²) in [4.78, 5) is 13.5. The van der Waals surface area contributed by atoms with Crippen molar-refractivity contribution in [1.29, 1.82) is 0 Å². The Morgan fingerprint density at radius 2 is 1.87 bits per heavy atom. The predicted octanol–water partition coefficient (Wildman–Crippen LogP) is 4.95. The van der Waals surface area contributed by atoms with Gasteiger partial charge in [0.05, 0.1) is 11.1 Å². The lowest BCUT2D eigenvalue weighted by molar-refractivity contribution is -0.137. The normalized spacial score (nSPS) is 16.1. The van der Waals surface area contributed by atoms with Gasteiger partial charge in [-0.1, -0.05) is 6.07 Å². The van der Waals surface area contributed by atoms with Crippen molar-refractivity contribution in [2.75, 3.05) is 25.5 Å². The van der Waals surface area contributed by atoms with E-state index < -0.39 is 17.8 Å². The molecule has 8 heteroatoms. The van der Waals surface area contributed by atoms with Gasteiger partial charge in [0.1, 0.15) is 0 Å². The highest BCUT2D eigenvalue weighted by Crippen LogP contribution is 2.37. The molecule has 0 aliphatic carbocycles. The number of halogens is 3. The average molecular weight is 416 g/mol. The number of hydrogen-bond acceptors (Lipinski definition) is 2. The van der Waals surface area contributed by atoms with Gasteiger partial charge in [0, 0.05) is 23.0 Å². The van der Waals surface area contributed by atoms with Crippen molar-refractivity contribution in [3.63, 3.8) is 0 Å². The number of amides is 2. The number of nitrogens with two attached hydrogens (primary N) is 1. The van der Waals surface area contributed by atoms with E-state index in [1.165, 1.54) is 6.07 Å². The Morgan fingerprint density at radius 1 is 1.13 bits per heavy atom. The minimum atomic E-state index is -4.41. The first-order chi connectivity index (χ1) is 14.2. The molecule has 3 aromatic rings. The van der Waals surface area contributed by atoms with Crippen LogP contribution < -0.4 is 11.1 Å². The molecule has 1 fully saturated rings. The zero-order valence-electron chi connectivity index (χ0n) is 16.5. The summed E-state index contributed by atoms with van der Waals surface area (Å²) in [5.74, 6) is 0.291. The van der Waals surface area contributed by atoms with Crippen LogP contribution in [0.15, 0.2) is 48.7 Å². The molecule has 0 spiro atoms. The zero-order valence-corrected chi connectivity index (χ0v) is 16.5. The smallest absolute Gasteiger partial charge is 0.351 e. The Balaban J connectivity index is 1.85. The summed E-state index contributed by atoms with van der Waals surface area (Å²) in [6.45, 7) is 1.92. The van der Waals surface area contributed by atoms with E-state index in [1.807, 2.05) is 12.3 Å². The molecule has 1 saturated heterocycles. The van der Waals surface area contributed by atoms with E-state index in [0.29, 0.717) is 17.3 Å². The monoisotopic (exact) mass is 416 g/mol. The second-order valence-electron chi connectivity index (χ2n) is 7.80. The number of hydrogen-bond donors (Lipinski definition) is 2. The number of fused-ring (bicyclic) bond motifs is 1. The fourth-order valence-corrected chi connectivity index (χ4v) is 4.17. The lowest BCUT2D eigenvalue weighted by atomic mass is 9.89. The summed E-state index contributed by atoms with van der Waals surface area (Å²) in [5, 5.41) is 3.50.